The van der Waals surface area contributed by atoms with Crippen LogP contribution in [0.4, 0.5) is 10.5 Å². The van der Waals surface area contributed by atoms with Gasteiger partial charge in [-0.25, -0.2) is 13.2 Å². The minimum absolute atomic E-state index is 0.164. The van der Waals surface area contributed by atoms with Gasteiger partial charge in [-0.1, -0.05) is 72.8 Å². The smallest absolute Gasteiger partial charge is 0.411 e. The number of rotatable bonds is 7. The van der Waals surface area contributed by atoms with E-state index >= 15 is 0 Å². The van der Waals surface area contributed by atoms with Crippen LogP contribution in [0.2, 0.25) is 0 Å². The van der Waals surface area contributed by atoms with E-state index in [1.165, 1.54) is 9.21 Å². The first kappa shape index (κ1) is 24.3. The van der Waals surface area contributed by atoms with Crippen LogP contribution in [-0.4, -0.2) is 36.3 Å². The van der Waals surface area contributed by atoms with Crippen LogP contribution >= 0.6 is 11.6 Å². The number of carbonyl (C=O) groups is 1. The van der Waals surface area contributed by atoms with Crippen LogP contribution in [-0.2, 0) is 23.1 Å². The molecular formula is C28H25ClN2O4S. The maximum absolute atomic E-state index is 14.0. The predicted octanol–water partition coefficient (Wildman–Crippen LogP) is 6.05. The van der Waals surface area contributed by atoms with Crippen molar-refractivity contribution in [3.05, 3.63) is 108 Å². The first-order valence-electron chi connectivity index (χ1n) is 11.6. The molecule has 1 aliphatic rings. The second kappa shape index (κ2) is 9.93. The average Bonchev–Trinajstić information content (AvgIpc) is 3.29. The van der Waals surface area contributed by atoms with E-state index in [4.69, 9.17) is 11.6 Å². The minimum atomic E-state index is -3.89. The van der Waals surface area contributed by atoms with Crippen LogP contribution in [0.1, 0.15) is 22.6 Å². The van der Waals surface area contributed by atoms with Gasteiger partial charge in [-0.05, 0) is 45.7 Å². The summed E-state index contributed by atoms with van der Waals surface area (Å²) in [5, 5.41) is 11.2. The van der Waals surface area contributed by atoms with Gasteiger partial charge in [0.15, 0.2) is 0 Å². The molecule has 0 bridgehead atoms. The van der Waals surface area contributed by atoms with Crippen molar-refractivity contribution in [1.82, 2.24) is 4.31 Å². The molecule has 184 valence electrons. The first-order chi connectivity index (χ1) is 17.4. The van der Waals surface area contributed by atoms with Gasteiger partial charge in [0.1, 0.15) is 0 Å². The second-order valence-electron chi connectivity index (χ2n) is 8.87. The van der Waals surface area contributed by atoms with Crippen LogP contribution in [0.5, 0.6) is 0 Å². The third-order valence-electron chi connectivity index (χ3n) is 6.57. The van der Waals surface area contributed by atoms with Crippen LogP contribution in [0.25, 0.3) is 10.8 Å². The summed E-state index contributed by atoms with van der Waals surface area (Å²) in [5.41, 5.74) is 3.11. The van der Waals surface area contributed by atoms with Gasteiger partial charge < -0.3 is 5.11 Å². The molecule has 6 nitrogen and oxygen atoms in total. The Labute approximate surface area is 215 Å². The number of fused-ring (bicyclic) bond motifs is 3. The highest BCUT2D eigenvalue weighted by molar-refractivity contribution is 7.89. The number of nitrogens with zero attached hydrogens (tertiary/aromatic N) is 2. The van der Waals surface area contributed by atoms with Crippen molar-refractivity contribution in [3.63, 3.8) is 0 Å². The molecule has 0 saturated heterocycles. The van der Waals surface area contributed by atoms with E-state index in [9.17, 15) is 18.3 Å². The molecule has 0 saturated carbocycles. The van der Waals surface area contributed by atoms with Gasteiger partial charge in [-0.2, -0.15) is 4.31 Å². The van der Waals surface area contributed by atoms with Gasteiger partial charge in [0, 0.05) is 31.4 Å². The lowest BCUT2D eigenvalue weighted by atomic mass is 9.96. The zero-order chi connectivity index (χ0) is 25.3. The van der Waals surface area contributed by atoms with Gasteiger partial charge in [0.25, 0.3) is 0 Å². The third-order valence-corrected chi connectivity index (χ3v) is 8.73. The van der Waals surface area contributed by atoms with Gasteiger partial charge in [-0.3, -0.25) is 4.90 Å². The quantitative estimate of drug-likeness (QED) is 0.301. The molecule has 1 amide bonds. The number of amides is 1. The summed E-state index contributed by atoms with van der Waals surface area (Å²) < 4.78 is 29.5. The van der Waals surface area contributed by atoms with Gasteiger partial charge >= 0.3 is 6.09 Å². The molecule has 8 heteroatoms. The van der Waals surface area contributed by atoms with Crippen molar-refractivity contribution in [2.75, 3.05) is 17.3 Å². The lowest BCUT2D eigenvalue weighted by Gasteiger charge is -2.23. The maximum Gasteiger partial charge on any atom is 0.411 e. The summed E-state index contributed by atoms with van der Waals surface area (Å²) in [6.45, 7) is 0.693. The highest BCUT2D eigenvalue weighted by Gasteiger charge is 2.34. The van der Waals surface area contributed by atoms with Gasteiger partial charge in [0.05, 0.1) is 10.6 Å². The summed E-state index contributed by atoms with van der Waals surface area (Å²) in [5.74, 6) is 0.0187. The predicted molar refractivity (Wildman–Crippen MR) is 142 cm³/mol. The number of halogens is 1. The fourth-order valence-electron chi connectivity index (χ4n) is 4.80. The van der Waals surface area contributed by atoms with E-state index in [0.717, 1.165) is 22.1 Å². The Morgan fingerprint density at radius 1 is 0.917 bits per heavy atom. The van der Waals surface area contributed by atoms with Crippen LogP contribution in [0, 0.1) is 0 Å². The first-order valence-corrected chi connectivity index (χ1v) is 13.6. The van der Waals surface area contributed by atoms with E-state index in [0.29, 0.717) is 11.1 Å². The Morgan fingerprint density at radius 3 is 2.06 bits per heavy atom. The van der Waals surface area contributed by atoms with Gasteiger partial charge in [-0.15, -0.1) is 11.6 Å². The summed E-state index contributed by atoms with van der Waals surface area (Å²) in [4.78, 5) is 13.2. The zero-order valence-corrected chi connectivity index (χ0v) is 21.0. The average molecular weight is 521 g/mol. The molecule has 5 rings (SSSR count). The monoisotopic (exact) mass is 520 g/mol. The molecule has 0 spiro atoms. The SMILES string of the molecule is O=C(O)N1CC(CCl)c2c1ccc1ccc(S(=O)(=O)N(Cc3ccccc3)Cc3ccccc3)cc21. The molecule has 36 heavy (non-hydrogen) atoms. The van der Waals surface area contributed by atoms with Crippen molar-refractivity contribution >= 4 is 44.2 Å². The van der Waals surface area contributed by atoms with E-state index in [2.05, 4.69) is 0 Å². The largest absolute Gasteiger partial charge is 0.465 e. The Hall–Kier alpha value is -3.39. The Morgan fingerprint density at radius 2 is 1.50 bits per heavy atom. The molecule has 1 atom stereocenters. The highest BCUT2D eigenvalue weighted by Crippen LogP contribution is 2.42. The van der Waals surface area contributed by atoms with Crippen molar-refractivity contribution < 1.29 is 18.3 Å². The summed E-state index contributed by atoms with van der Waals surface area (Å²) >= 11 is 6.22. The molecule has 0 aromatic heterocycles. The molecule has 4 aromatic rings. The fourth-order valence-corrected chi connectivity index (χ4v) is 6.50. The number of hydrogen-bond acceptors (Lipinski definition) is 3. The number of benzene rings is 4. The molecule has 1 heterocycles. The number of alkyl halides is 1. The molecule has 0 fully saturated rings. The van der Waals surface area contributed by atoms with Crippen LogP contribution in [0.15, 0.2) is 95.9 Å². The van der Waals surface area contributed by atoms with E-state index in [-0.39, 0.29) is 36.3 Å². The molecule has 0 aliphatic carbocycles. The Bertz CT molecular complexity index is 1470. The standard InChI is InChI=1S/C28H25ClN2O4S/c29-16-23-19-31(28(32)33)26-14-12-22-11-13-24(15-25(22)27(23)26)36(34,35)30(17-20-7-3-1-4-8-20)18-21-9-5-2-6-10-21/h1-15,23H,16-19H2,(H,32,33). The number of carboxylic acid groups (broad SMARTS) is 1. The summed E-state index contributed by atoms with van der Waals surface area (Å²) in [6, 6.07) is 27.7. The summed E-state index contributed by atoms with van der Waals surface area (Å²) in [7, 11) is -3.89. The van der Waals surface area contributed by atoms with E-state index < -0.39 is 16.1 Å². The molecule has 1 unspecified atom stereocenters. The van der Waals surface area contributed by atoms with Crippen LogP contribution < -0.4 is 4.90 Å². The van der Waals surface area contributed by atoms with Crippen molar-refractivity contribution in [2.45, 2.75) is 23.9 Å². The lowest BCUT2D eigenvalue weighted by molar-refractivity contribution is 0.202. The normalized spacial score (nSPS) is 15.4. The number of anilines is 1. The molecule has 0 radical (unpaired) electrons. The van der Waals surface area contributed by atoms with Crippen LogP contribution in [0.3, 0.4) is 0 Å². The van der Waals surface area contributed by atoms with E-state index in [1.54, 1.807) is 24.3 Å². The number of hydrogen-bond donors (Lipinski definition) is 1. The molecular weight excluding hydrogens is 496 g/mol. The topological polar surface area (TPSA) is 77.9 Å². The third kappa shape index (κ3) is 4.57. The zero-order valence-electron chi connectivity index (χ0n) is 19.4. The summed E-state index contributed by atoms with van der Waals surface area (Å²) in [6.07, 6.45) is -1.05. The molecule has 1 aliphatic heterocycles. The Balaban J connectivity index is 1.61. The number of sulfonamides is 1. The second-order valence-corrected chi connectivity index (χ2v) is 11.1. The van der Waals surface area contributed by atoms with Crippen molar-refractivity contribution in [2.24, 2.45) is 0 Å². The Kier molecular flexibility index (Phi) is 6.71. The molecule has 1 N–H and O–H groups in total. The lowest BCUT2D eigenvalue weighted by Crippen LogP contribution is -2.30. The fraction of sp³-hybridized carbons (Fsp3) is 0.179. The maximum atomic E-state index is 14.0. The minimum Gasteiger partial charge on any atom is -0.465 e. The van der Waals surface area contributed by atoms with Gasteiger partial charge in [0.2, 0.25) is 10.0 Å². The highest BCUT2D eigenvalue weighted by atomic mass is 35.5. The van der Waals surface area contributed by atoms with Crippen molar-refractivity contribution in [1.29, 1.82) is 0 Å². The van der Waals surface area contributed by atoms with Crippen molar-refractivity contribution in [3.8, 4) is 0 Å². The molecule has 4 aromatic carbocycles. The van der Waals surface area contributed by atoms with E-state index in [1.807, 2.05) is 66.7 Å².